The molecule has 3 aliphatic carbocycles. The zero-order chi connectivity index (χ0) is 11.5. The van der Waals surface area contributed by atoms with Crippen molar-refractivity contribution in [2.45, 2.75) is 43.5 Å². The summed E-state index contributed by atoms with van der Waals surface area (Å²) in [5.74, 6) is -7.28. The van der Waals surface area contributed by atoms with Crippen molar-refractivity contribution in [3.05, 3.63) is 0 Å². The van der Waals surface area contributed by atoms with Crippen LogP contribution < -0.4 is 0 Å². The summed E-state index contributed by atoms with van der Waals surface area (Å²) >= 11 is 0. The Morgan fingerprint density at radius 3 is 1.47 bits per heavy atom. The molecule has 0 aliphatic heterocycles. The maximum atomic E-state index is 13.7. The number of halogens is 6. The molecule has 1 unspecified atom stereocenters. The summed E-state index contributed by atoms with van der Waals surface area (Å²) < 4.78 is 77.6. The van der Waals surface area contributed by atoms with Gasteiger partial charge in [0.25, 0.3) is 11.6 Å². The van der Waals surface area contributed by atoms with E-state index >= 15 is 0 Å². The zero-order valence-corrected chi connectivity index (χ0v) is 7.75. The van der Waals surface area contributed by atoms with Crippen LogP contribution in [0.3, 0.4) is 0 Å². The smallest absolute Gasteiger partial charge is 0.227 e. The zero-order valence-electron chi connectivity index (χ0n) is 7.75. The summed E-state index contributed by atoms with van der Waals surface area (Å²) in [6.45, 7) is 0. The predicted octanol–water partition coefficient (Wildman–Crippen LogP) is 3.71. The van der Waals surface area contributed by atoms with E-state index in [9.17, 15) is 26.3 Å². The minimum atomic E-state index is -5.47. The Kier molecular flexibility index (Phi) is 2.09. The highest BCUT2D eigenvalue weighted by Gasteiger charge is 2.79. The monoisotopic (exact) mass is 232 g/mol. The Labute approximate surface area is 82.6 Å². The summed E-state index contributed by atoms with van der Waals surface area (Å²) in [5.41, 5.74) is -4.30. The van der Waals surface area contributed by atoms with Crippen molar-refractivity contribution in [2.24, 2.45) is 11.8 Å². The summed E-state index contributed by atoms with van der Waals surface area (Å²) in [6, 6.07) is 0. The van der Waals surface area contributed by atoms with Gasteiger partial charge in [-0.05, 0) is 25.7 Å². The fraction of sp³-hybridized carbons (Fsp3) is 1.00. The van der Waals surface area contributed by atoms with Crippen LogP contribution in [-0.4, -0.2) is 17.8 Å². The van der Waals surface area contributed by atoms with E-state index in [-0.39, 0.29) is 25.7 Å². The summed E-state index contributed by atoms with van der Waals surface area (Å²) in [6.07, 6.45) is -5.65. The third-order valence-electron chi connectivity index (χ3n) is 3.70. The highest BCUT2D eigenvalue weighted by atomic mass is 19.4. The molecule has 3 fully saturated rings. The molecule has 88 valence electrons. The summed E-state index contributed by atoms with van der Waals surface area (Å²) in [7, 11) is 0. The van der Waals surface area contributed by atoms with Gasteiger partial charge < -0.3 is 0 Å². The molecule has 3 saturated carbocycles. The number of hydrogen-bond acceptors (Lipinski definition) is 0. The van der Waals surface area contributed by atoms with Gasteiger partial charge in [0, 0.05) is 11.8 Å². The predicted molar refractivity (Wildman–Crippen MR) is 40.3 cm³/mol. The SMILES string of the molecule is FC(F)(F)C1(F)C2CCC(CC2)C1(F)F. The molecule has 15 heavy (non-hydrogen) atoms. The fourth-order valence-electron chi connectivity index (χ4n) is 2.84. The van der Waals surface area contributed by atoms with Crippen molar-refractivity contribution in [1.29, 1.82) is 0 Å². The third-order valence-corrected chi connectivity index (χ3v) is 3.70. The maximum absolute atomic E-state index is 13.7. The molecule has 0 radical (unpaired) electrons. The van der Waals surface area contributed by atoms with Crippen LogP contribution in [-0.2, 0) is 0 Å². The van der Waals surface area contributed by atoms with Gasteiger partial charge in [0.15, 0.2) is 0 Å². The molecule has 0 heterocycles. The molecule has 0 N–H and O–H groups in total. The number of alkyl halides is 6. The van der Waals surface area contributed by atoms with Gasteiger partial charge in [0.2, 0.25) is 0 Å². The Morgan fingerprint density at radius 1 is 0.800 bits per heavy atom. The van der Waals surface area contributed by atoms with E-state index in [0.717, 1.165) is 0 Å². The first-order valence-corrected chi connectivity index (χ1v) is 4.84. The molecule has 0 aromatic rings. The van der Waals surface area contributed by atoms with E-state index in [4.69, 9.17) is 0 Å². The van der Waals surface area contributed by atoms with Crippen LogP contribution in [0.4, 0.5) is 26.3 Å². The quantitative estimate of drug-likeness (QED) is 0.558. The van der Waals surface area contributed by atoms with Crippen molar-refractivity contribution in [2.75, 3.05) is 0 Å². The molecular weight excluding hydrogens is 222 g/mol. The average molecular weight is 232 g/mol. The Balaban J connectivity index is 2.46. The molecular formula is C9H10F6. The first-order valence-electron chi connectivity index (χ1n) is 4.84. The standard InChI is InChI=1S/C9H10F6/c10-7(9(13,14)15)5-1-3-6(4-2-5)8(7,11)12/h5-6H,1-4H2. The highest BCUT2D eigenvalue weighted by molar-refractivity contribution is 5.12. The van der Waals surface area contributed by atoms with Crippen molar-refractivity contribution >= 4 is 0 Å². The van der Waals surface area contributed by atoms with Gasteiger partial charge in [0.05, 0.1) is 0 Å². The molecule has 0 saturated heterocycles. The van der Waals surface area contributed by atoms with Crippen molar-refractivity contribution in [1.82, 2.24) is 0 Å². The average Bonchev–Trinajstić information content (AvgIpc) is 2.12. The molecule has 0 aromatic carbocycles. The van der Waals surface area contributed by atoms with Gasteiger partial charge in [-0.2, -0.15) is 13.2 Å². The first kappa shape index (κ1) is 11.1. The lowest BCUT2D eigenvalue weighted by molar-refractivity contribution is -0.358. The van der Waals surface area contributed by atoms with E-state index in [1.807, 2.05) is 0 Å². The van der Waals surface area contributed by atoms with Crippen LogP contribution in [0.5, 0.6) is 0 Å². The van der Waals surface area contributed by atoms with Gasteiger partial charge in [-0.25, -0.2) is 13.2 Å². The Morgan fingerprint density at radius 2 is 1.20 bits per heavy atom. The lowest BCUT2D eigenvalue weighted by Crippen LogP contribution is -2.67. The third kappa shape index (κ3) is 1.16. The van der Waals surface area contributed by atoms with E-state index in [0.29, 0.717) is 0 Å². The first-order chi connectivity index (χ1) is 6.71. The van der Waals surface area contributed by atoms with E-state index in [1.54, 1.807) is 0 Å². The van der Waals surface area contributed by atoms with Gasteiger partial charge in [-0.1, -0.05) is 0 Å². The van der Waals surface area contributed by atoms with Crippen LogP contribution >= 0.6 is 0 Å². The van der Waals surface area contributed by atoms with Crippen molar-refractivity contribution < 1.29 is 26.3 Å². The molecule has 2 bridgehead atoms. The topological polar surface area (TPSA) is 0 Å². The largest absolute Gasteiger partial charge is 0.428 e. The second-order valence-corrected chi connectivity index (χ2v) is 4.38. The lowest BCUT2D eigenvalue weighted by Gasteiger charge is -2.52. The molecule has 1 atom stereocenters. The molecule has 3 aliphatic rings. The second-order valence-electron chi connectivity index (χ2n) is 4.38. The van der Waals surface area contributed by atoms with E-state index in [2.05, 4.69) is 0 Å². The normalized spacial score (nSPS) is 44.4. The number of fused-ring (bicyclic) bond motifs is 3. The highest BCUT2D eigenvalue weighted by Crippen LogP contribution is 2.63. The van der Waals surface area contributed by atoms with Gasteiger partial charge >= 0.3 is 6.18 Å². The van der Waals surface area contributed by atoms with Gasteiger partial charge in [-0.15, -0.1) is 0 Å². The van der Waals surface area contributed by atoms with E-state index in [1.165, 1.54) is 0 Å². The minimum Gasteiger partial charge on any atom is -0.227 e. The molecule has 6 heteroatoms. The number of hydrogen-bond donors (Lipinski definition) is 0. The maximum Gasteiger partial charge on any atom is 0.428 e. The van der Waals surface area contributed by atoms with Crippen LogP contribution in [0.2, 0.25) is 0 Å². The van der Waals surface area contributed by atoms with Crippen molar-refractivity contribution in [3.63, 3.8) is 0 Å². The molecule has 3 rings (SSSR count). The fourth-order valence-corrected chi connectivity index (χ4v) is 2.84. The molecule has 0 nitrogen and oxygen atoms in total. The molecule has 0 spiro atoms. The molecule has 0 amide bonds. The summed E-state index contributed by atoms with van der Waals surface area (Å²) in [5, 5.41) is 0. The van der Waals surface area contributed by atoms with Crippen LogP contribution in [0.1, 0.15) is 25.7 Å². The Hall–Kier alpha value is -0.420. The lowest BCUT2D eigenvalue weighted by atomic mass is 9.60. The minimum absolute atomic E-state index is 0.000579. The second kappa shape index (κ2) is 2.83. The van der Waals surface area contributed by atoms with Gasteiger partial charge in [-0.3, -0.25) is 0 Å². The van der Waals surface area contributed by atoms with Crippen LogP contribution in [0, 0.1) is 11.8 Å². The molecule has 0 aromatic heterocycles. The van der Waals surface area contributed by atoms with Gasteiger partial charge in [0.1, 0.15) is 0 Å². The van der Waals surface area contributed by atoms with Crippen LogP contribution in [0.25, 0.3) is 0 Å². The summed E-state index contributed by atoms with van der Waals surface area (Å²) in [4.78, 5) is 0. The van der Waals surface area contributed by atoms with Crippen molar-refractivity contribution in [3.8, 4) is 0 Å². The number of rotatable bonds is 0. The van der Waals surface area contributed by atoms with E-state index < -0.39 is 29.6 Å². The van der Waals surface area contributed by atoms with Crippen LogP contribution in [0.15, 0.2) is 0 Å². The Bertz CT molecular complexity index is 262.